The highest BCUT2D eigenvalue weighted by atomic mass is 19.1. The maximum atomic E-state index is 13.6. The van der Waals surface area contributed by atoms with Gasteiger partial charge in [0, 0.05) is 11.8 Å². The number of hydrogen-bond donors (Lipinski definition) is 1. The van der Waals surface area contributed by atoms with Gasteiger partial charge in [-0.25, -0.2) is 18.2 Å². The van der Waals surface area contributed by atoms with Crippen LogP contribution in [0.5, 0.6) is 0 Å². The first kappa shape index (κ1) is 19.6. The summed E-state index contributed by atoms with van der Waals surface area (Å²) >= 11 is 0. The van der Waals surface area contributed by atoms with Crippen molar-refractivity contribution in [3.05, 3.63) is 94.9 Å². The maximum absolute atomic E-state index is 13.6. The molecule has 3 aromatic rings. The first-order valence-electron chi connectivity index (χ1n) is 8.51. The average molecular weight is 386 g/mol. The number of halogens is 3. The Morgan fingerprint density at radius 2 is 1.61 bits per heavy atom. The Labute approximate surface area is 160 Å². The zero-order valence-corrected chi connectivity index (χ0v) is 14.8. The number of benzene rings is 2. The maximum Gasteiger partial charge on any atom is 0.230 e. The smallest absolute Gasteiger partial charge is 0.230 e. The molecule has 2 aromatic carbocycles. The number of ether oxygens (including phenoxy) is 1. The summed E-state index contributed by atoms with van der Waals surface area (Å²) in [5.41, 5.74) is 1.29. The fourth-order valence-electron chi connectivity index (χ4n) is 2.55. The van der Waals surface area contributed by atoms with Gasteiger partial charge < -0.3 is 10.1 Å². The molecular weight excluding hydrogens is 369 g/mol. The molecule has 0 spiro atoms. The number of aromatic nitrogens is 1. The minimum absolute atomic E-state index is 0.254. The molecule has 0 fully saturated rings. The molecule has 0 radical (unpaired) electrons. The normalized spacial score (nSPS) is 10.7. The zero-order valence-electron chi connectivity index (χ0n) is 14.8. The van der Waals surface area contributed by atoms with E-state index in [1.165, 1.54) is 24.4 Å². The van der Waals surface area contributed by atoms with Gasteiger partial charge in [-0.3, -0.25) is 4.79 Å². The fourth-order valence-corrected chi connectivity index (χ4v) is 2.55. The number of anilines is 1. The molecular formula is C21H17F3N2O2. The molecule has 144 valence electrons. The Bertz CT molecular complexity index is 942. The van der Waals surface area contributed by atoms with Gasteiger partial charge in [0.1, 0.15) is 23.3 Å². The Kier molecular flexibility index (Phi) is 6.39. The van der Waals surface area contributed by atoms with E-state index in [9.17, 15) is 18.0 Å². The van der Waals surface area contributed by atoms with Crippen LogP contribution in [0.3, 0.4) is 0 Å². The van der Waals surface area contributed by atoms with Crippen LogP contribution in [0.4, 0.5) is 19.0 Å². The van der Waals surface area contributed by atoms with Crippen LogP contribution in [0, 0.1) is 17.5 Å². The second kappa shape index (κ2) is 9.14. The van der Waals surface area contributed by atoms with Crippen molar-refractivity contribution in [2.75, 3.05) is 5.32 Å². The predicted octanol–water partition coefficient (Wildman–Crippen LogP) is 4.40. The summed E-state index contributed by atoms with van der Waals surface area (Å²) in [4.78, 5) is 16.1. The topological polar surface area (TPSA) is 51.2 Å². The summed E-state index contributed by atoms with van der Waals surface area (Å²) in [6, 6.07) is 12.8. The van der Waals surface area contributed by atoms with Crippen LogP contribution in [0.15, 0.2) is 60.8 Å². The molecule has 1 amide bonds. The molecule has 0 saturated carbocycles. The highest BCUT2D eigenvalue weighted by Gasteiger charge is 2.13. The van der Waals surface area contributed by atoms with Crippen LogP contribution in [-0.4, -0.2) is 10.9 Å². The van der Waals surface area contributed by atoms with Gasteiger partial charge in [0.2, 0.25) is 5.91 Å². The second-order valence-electron chi connectivity index (χ2n) is 6.09. The van der Waals surface area contributed by atoms with E-state index in [0.29, 0.717) is 6.61 Å². The van der Waals surface area contributed by atoms with E-state index in [-0.39, 0.29) is 23.8 Å². The van der Waals surface area contributed by atoms with Crippen molar-refractivity contribution in [2.24, 2.45) is 0 Å². The number of nitrogens with one attached hydrogen (secondary N) is 1. The third-order valence-corrected chi connectivity index (χ3v) is 3.94. The summed E-state index contributed by atoms with van der Waals surface area (Å²) in [6.07, 6.45) is 1.06. The molecule has 0 atom stereocenters. The van der Waals surface area contributed by atoms with Crippen molar-refractivity contribution in [3.63, 3.8) is 0 Å². The van der Waals surface area contributed by atoms with Crippen LogP contribution in [0.25, 0.3) is 0 Å². The Morgan fingerprint density at radius 1 is 0.929 bits per heavy atom. The summed E-state index contributed by atoms with van der Waals surface area (Å²) in [7, 11) is 0. The van der Waals surface area contributed by atoms with Crippen molar-refractivity contribution >= 4 is 11.7 Å². The monoisotopic (exact) mass is 386 g/mol. The second-order valence-corrected chi connectivity index (χ2v) is 6.09. The SMILES string of the molecule is O=C(Cc1c(F)cccc1F)Nc1cc(COCc2ccc(F)cc2)ccn1. The lowest BCUT2D eigenvalue weighted by atomic mass is 10.1. The Hall–Kier alpha value is -3.19. The summed E-state index contributed by atoms with van der Waals surface area (Å²) < 4.78 is 45.7. The van der Waals surface area contributed by atoms with Crippen molar-refractivity contribution in [1.29, 1.82) is 0 Å². The Balaban J connectivity index is 1.55. The van der Waals surface area contributed by atoms with E-state index >= 15 is 0 Å². The summed E-state index contributed by atoms with van der Waals surface area (Å²) in [5.74, 6) is -2.18. The number of amides is 1. The van der Waals surface area contributed by atoms with Crippen molar-refractivity contribution in [3.8, 4) is 0 Å². The van der Waals surface area contributed by atoms with E-state index < -0.39 is 24.0 Å². The van der Waals surface area contributed by atoms with E-state index in [1.807, 2.05) is 0 Å². The highest BCUT2D eigenvalue weighted by molar-refractivity contribution is 5.91. The van der Waals surface area contributed by atoms with E-state index in [1.54, 1.807) is 24.3 Å². The highest BCUT2D eigenvalue weighted by Crippen LogP contribution is 2.15. The van der Waals surface area contributed by atoms with Crippen molar-refractivity contribution in [1.82, 2.24) is 4.98 Å². The molecule has 7 heteroatoms. The lowest BCUT2D eigenvalue weighted by molar-refractivity contribution is -0.115. The van der Waals surface area contributed by atoms with Gasteiger partial charge >= 0.3 is 0 Å². The molecule has 4 nitrogen and oxygen atoms in total. The lowest BCUT2D eigenvalue weighted by Crippen LogP contribution is -2.17. The van der Waals surface area contributed by atoms with Gasteiger partial charge in [0.25, 0.3) is 0 Å². The van der Waals surface area contributed by atoms with Crippen LogP contribution < -0.4 is 5.32 Å². The number of carbonyl (C=O) groups is 1. The first-order chi connectivity index (χ1) is 13.5. The predicted molar refractivity (Wildman–Crippen MR) is 97.8 cm³/mol. The molecule has 3 rings (SSSR count). The molecule has 0 aliphatic rings. The summed E-state index contributed by atoms with van der Waals surface area (Å²) in [6.45, 7) is 0.557. The molecule has 0 aliphatic heterocycles. The molecule has 0 saturated heterocycles. The Morgan fingerprint density at radius 3 is 2.32 bits per heavy atom. The van der Waals surface area contributed by atoms with Gasteiger partial charge in [-0.1, -0.05) is 18.2 Å². The molecule has 0 bridgehead atoms. The number of nitrogens with zero attached hydrogens (tertiary/aromatic N) is 1. The van der Waals surface area contributed by atoms with Crippen LogP contribution in [0.2, 0.25) is 0 Å². The van der Waals surface area contributed by atoms with Crippen LogP contribution >= 0.6 is 0 Å². The molecule has 1 N–H and O–H groups in total. The standard InChI is InChI=1S/C21H17F3N2O2/c22-16-6-4-14(5-7-16)12-28-13-15-8-9-25-20(10-15)26-21(27)11-17-18(23)2-1-3-19(17)24/h1-10H,11-13H2,(H,25,26,27). The van der Waals surface area contributed by atoms with Gasteiger partial charge in [-0.05, 0) is 47.5 Å². The van der Waals surface area contributed by atoms with E-state index in [0.717, 1.165) is 23.3 Å². The van der Waals surface area contributed by atoms with E-state index in [4.69, 9.17) is 4.74 Å². The van der Waals surface area contributed by atoms with Crippen LogP contribution in [0.1, 0.15) is 16.7 Å². The molecule has 1 aromatic heterocycles. The number of pyridine rings is 1. The molecule has 0 aliphatic carbocycles. The number of hydrogen-bond acceptors (Lipinski definition) is 3. The first-order valence-corrected chi connectivity index (χ1v) is 8.51. The quantitative estimate of drug-likeness (QED) is 0.655. The summed E-state index contributed by atoms with van der Waals surface area (Å²) in [5, 5.41) is 2.52. The fraction of sp³-hybridized carbons (Fsp3) is 0.143. The molecule has 0 unspecified atom stereocenters. The third-order valence-electron chi connectivity index (χ3n) is 3.94. The van der Waals surface area contributed by atoms with Crippen molar-refractivity contribution < 1.29 is 22.7 Å². The minimum atomic E-state index is -0.772. The number of carbonyl (C=O) groups excluding carboxylic acids is 1. The zero-order chi connectivity index (χ0) is 19.9. The third kappa shape index (κ3) is 5.40. The lowest BCUT2D eigenvalue weighted by Gasteiger charge is -2.09. The van der Waals surface area contributed by atoms with Gasteiger partial charge in [0.05, 0.1) is 19.6 Å². The molecule has 28 heavy (non-hydrogen) atoms. The number of rotatable bonds is 7. The molecule has 1 heterocycles. The van der Waals surface area contributed by atoms with E-state index in [2.05, 4.69) is 10.3 Å². The van der Waals surface area contributed by atoms with Gasteiger partial charge in [-0.15, -0.1) is 0 Å². The van der Waals surface area contributed by atoms with Crippen LogP contribution in [-0.2, 0) is 29.2 Å². The van der Waals surface area contributed by atoms with Crippen molar-refractivity contribution in [2.45, 2.75) is 19.6 Å². The average Bonchev–Trinajstić information content (AvgIpc) is 2.67. The van der Waals surface area contributed by atoms with Gasteiger partial charge in [-0.2, -0.15) is 0 Å². The largest absolute Gasteiger partial charge is 0.372 e. The minimum Gasteiger partial charge on any atom is -0.372 e. The van der Waals surface area contributed by atoms with Gasteiger partial charge in [0.15, 0.2) is 0 Å².